The molecule has 1 amide bonds. The Morgan fingerprint density at radius 1 is 1.12 bits per heavy atom. The zero-order chi connectivity index (χ0) is 17.1. The van der Waals surface area contributed by atoms with Gasteiger partial charge in [0.05, 0.1) is 6.26 Å². The highest BCUT2D eigenvalue weighted by molar-refractivity contribution is 5.91. The van der Waals surface area contributed by atoms with Crippen LogP contribution in [0, 0.1) is 5.92 Å². The van der Waals surface area contributed by atoms with E-state index in [-0.39, 0.29) is 5.91 Å². The lowest BCUT2D eigenvalue weighted by molar-refractivity contribution is 0.0655. The zero-order valence-electron chi connectivity index (χ0n) is 13.8. The molecule has 0 unspecified atom stereocenters. The van der Waals surface area contributed by atoms with Gasteiger partial charge in [-0.15, -0.1) is 0 Å². The van der Waals surface area contributed by atoms with Crippen molar-refractivity contribution < 1.29 is 13.7 Å². The van der Waals surface area contributed by atoms with Gasteiger partial charge in [-0.3, -0.25) is 4.79 Å². The van der Waals surface area contributed by atoms with Gasteiger partial charge in [0.15, 0.2) is 5.76 Å². The smallest absolute Gasteiger partial charge is 0.289 e. The molecule has 0 bridgehead atoms. The van der Waals surface area contributed by atoms with Crippen LogP contribution in [-0.4, -0.2) is 34.0 Å². The maximum Gasteiger partial charge on any atom is 0.289 e. The molecule has 4 rings (SSSR count). The molecule has 0 atom stereocenters. The summed E-state index contributed by atoms with van der Waals surface area (Å²) in [5, 5.41) is 4.07. The number of hydrogen-bond acceptors (Lipinski definition) is 5. The van der Waals surface area contributed by atoms with Gasteiger partial charge in [-0.25, -0.2) is 0 Å². The summed E-state index contributed by atoms with van der Waals surface area (Å²) in [6.45, 7) is 1.45. The number of furan rings is 1. The van der Waals surface area contributed by atoms with Crippen LogP contribution < -0.4 is 0 Å². The minimum atomic E-state index is -0.0346. The Hall–Kier alpha value is -2.89. The van der Waals surface area contributed by atoms with Crippen LogP contribution in [0.25, 0.3) is 11.4 Å². The molecule has 6 heteroatoms. The summed E-state index contributed by atoms with van der Waals surface area (Å²) in [5.74, 6) is 2.11. The molecule has 128 valence electrons. The van der Waals surface area contributed by atoms with Crippen LogP contribution in [0.1, 0.15) is 29.3 Å². The van der Waals surface area contributed by atoms with Gasteiger partial charge in [-0.05, 0) is 30.9 Å². The van der Waals surface area contributed by atoms with Crippen molar-refractivity contribution in [3.63, 3.8) is 0 Å². The molecule has 1 aromatic carbocycles. The van der Waals surface area contributed by atoms with E-state index in [1.807, 2.05) is 35.2 Å². The number of rotatable bonds is 4. The van der Waals surface area contributed by atoms with E-state index >= 15 is 0 Å². The number of hydrogen-bond donors (Lipinski definition) is 0. The fourth-order valence-electron chi connectivity index (χ4n) is 3.19. The van der Waals surface area contributed by atoms with E-state index in [2.05, 4.69) is 10.1 Å². The van der Waals surface area contributed by atoms with Crippen LogP contribution in [0.15, 0.2) is 57.7 Å². The van der Waals surface area contributed by atoms with Crippen molar-refractivity contribution in [2.24, 2.45) is 5.92 Å². The lowest BCUT2D eigenvalue weighted by Gasteiger charge is -2.30. The van der Waals surface area contributed by atoms with Crippen LogP contribution >= 0.6 is 0 Å². The van der Waals surface area contributed by atoms with E-state index in [4.69, 9.17) is 8.94 Å². The lowest BCUT2D eigenvalue weighted by atomic mass is 9.93. The Balaban J connectivity index is 1.33. The second-order valence-electron chi connectivity index (χ2n) is 6.29. The number of carbonyl (C=O) groups excluding carboxylic acids is 1. The molecule has 0 spiro atoms. The minimum absolute atomic E-state index is 0.0346. The zero-order valence-corrected chi connectivity index (χ0v) is 13.8. The highest BCUT2D eigenvalue weighted by Gasteiger charge is 2.26. The maximum atomic E-state index is 12.3. The van der Waals surface area contributed by atoms with Gasteiger partial charge in [0.1, 0.15) is 0 Å². The quantitative estimate of drug-likeness (QED) is 0.729. The first-order chi connectivity index (χ1) is 12.3. The molecule has 3 aromatic rings. The molecule has 0 saturated carbocycles. The van der Waals surface area contributed by atoms with Gasteiger partial charge in [-0.1, -0.05) is 35.5 Å². The predicted molar refractivity (Wildman–Crippen MR) is 90.8 cm³/mol. The number of benzene rings is 1. The minimum Gasteiger partial charge on any atom is -0.459 e. The average molecular weight is 337 g/mol. The summed E-state index contributed by atoms with van der Waals surface area (Å²) in [4.78, 5) is 18.6. The molecule has 3 heterocycles. The number of carbonyl (C=O) groups is 1. The van der Waals surface area contributed by atoms with E-state index < -0.39 is 0 Å². The Labute approximate surface area is 145 Å². The molecule has 0 N–H and O–H groups in total. The fraction of sp³-hybridized carbons (Fsp3) is 0.316. The molecule has 2 aromatic heterocycles. The van der Waals surface area contributed by atoms with Crippen LogP contribution in [-0.2, 0) is 6.42 Å². The highest BCUT2D eigenvalue weighted by atomic mass is 16.5. The van der Waals surface area contributed by atoms with Crippen molar-refractivity contribution in [1.82, 2.24) is 15.0 Å². The fourth-order valence-corrected chi connectivity index (χ4v) is 3.19. The summed E-state index contributed by atoms with van der Waals surface area (Å²) < 4.78 is 10.6. The predicted octanol–water partition coefficient (Wildman–Crippen LogP) is 3.42. The van der Waals surface area contributed by atoms with Crippen LogP contribution in [0.2, 0.25) is 0 Å². The number of piperidine rings is 1. The first-order valence-electron chi connectivity index (χ1n) is 8.50. The van der Waals surface area contributed by atoms with E-state index in [1.165, 1.54) is 6.26 Å². The van der Waals surface area contributed by atoms with Crippen molar-refractivity contribution >= 4 is 5.91 Å². The Morgan fingerprint density at radius 2 is 1.92 bits per heavy atom. The molecule has 1 fully saturated rings. The van der Waals surface area contributed by atoms with Crippen molar-refractivity contribution in [1.29, 1.82) is 0 Å². The molecular weight excluding hydrogens is 318 g/mol. The molecule has 1 aliphatic heterocycles. The molecule has 0 radical (unpaired) electrons. The van der Waals surface area contributed by atoms with E-state index in [9.17, 15) is 4.79 Å². The van der Waals surface area contributed by atoms with Gasteiger partial charge in [0.25, 0.3) is 5.91 Å². The molecule has 0 aliphatic carbocycles. The van der Waals surface area contributed by atoms with Gasteiger partial charge in [-0.2, -0.15) is 4.98 Å². The SMILES string of the molecule is O=C(c1ccco1)N1CCC(Cc2nc(-c3ccccc3)no2)CC1. The average Bonchev–Trinajstić information content (AvgIpc) is 3.35. The van der Waals surface area contributed by atoms with E-state index in [1.54, 1.807) is 12.1 Å². The van der Waals surface area contributed by atoms with Crippen molar-refractivity contribution in [3.05, 3.63) is 60.4 Å². The third-order valence-corrected chi connectivity index (χ3v) is 4.60. The monoisotopic (exact) mass is 337 g/mol. The number of nitrogens with zero attached hydrogens (tertiary/aromatic N) is 3. The van der Waals surface area contributed by atoms with Gasteiger partial charge >= 0.3 is 0 Å². The van der Waals surface area contributed by atoms with Gasteiger partial charge < -0.3 is 13.8 Å². The summed E-state index contributed by atoms with van der Waals surface area (Å²) in [7, 11) is 0. The van der Waals surface area contributed by atoms with Crippen LogP contribution in [0.5, 0.6) is 0 Å². The first kappa shape index (κ1) is 15.6. The highest BCUT2D eigenvalue weighted by Crippen LogP contribution is 2.23. The summed E-state index contributed by atoms with van der Waals surface area (Å²) in [5.41, 5.74) is 0.955. The van der Waals surface area contributed by atoms with Crippen molar-refractivity contribution in [2.75, 3.05) is 13.1 Å². The standard InChI is InChI=1S/C19H19N3O3/c23-19(16-7-4-12-24-16)22-10-8-14(9-11-22)13-17-20-18(21-25-17)15-5-2-1-3-6-15/h1-7,12,14H,8-11,13H2. The molecule has 1 saturated heterocycles. The normalized spacial score (nSPS) is 15.4. The number of likely N-dealkylation sites (tertiary alicyclic amines) is 1. The van der Waals surface area contributed by atoms with Crippen molar-refractivity contribution in [2.45, 2.75) is 19.3 Å². The largest absolute Gasteiger partial charge is 0.459 e. The second-order valence-corrected chi connectivity index (χ2v) is 6.29. The number of amides is 1. The van der Waals surface area contributed by atoms with E-state index in [0.717, 1.165) is 37.9 Å². The lowest BCUT2D eigenvalue weighted by Crippen LogP contribution is -2.38. The topological polar surface area (TPSA) is 72.4 Å². The second kappa shape index (κ2) is 6.93. The van der Waals surface area contributed by atoms with Crippen LogP contribution in [0.4, 0.5) is 0 Å². The first-order valence-corrected chi connectivity index (χ1v) is 8.50. The van der Waals surface area contributed by atoms with Gasteiger partial charge in [0.2, 0.25) is 11.7 Å². The molecular formula is C19H19N3O3. The molecule has 25 heavy (non-hydrogen) atoms. The summed E-state index contributed by atoms with van der Waals surface area (Å²) >= 11 is 0. The molecule has 6 nitrogen and oxygen atoms in total. The summed E-state index contributed by atoms with van der Waals surface area (Å²) in [6.07, 6.45) is 4.13. The van der Waals surface area contributed by atoms with E-state index in [0.29, 0.717) is 23.4 Å². The third kappa shape index (κ3) is 3.47. The number of aromatic nitrogens is 2. The Kier molecular flexibility index (Phi) is 4.33. The third-order valence-electron chi connectivity index (χ3n) is 4.60. The molecule has 1 aliphatic rings. The van der Waals surface area contributed by atoms with Crippen molar-refractivity contribution in [3.8, 4) is 11.4 Å². The Morgan fingerprint density at radius 3 is 2.64 bits per heavy atom. The van der Waals surface area contributed by atoms with Gasteiger partial charge in [0, 0.05) is 25.1 Å². The van der Waals surface area contributed by atoms with Crippen LogP contribution in [0.3, 0.4) is 0 Å². The maximum absolute atomic E-state index is 12.3. The Bertz CT molecular complexity index is 819. The summed E-state index contributed by atoms with van der Waals surface area (Å²) in [6, 6.07) is 13.2.